The molecule has 26 heavy (non-hydrogen) atoms. The highest BCUT2D eigenvalue weighted by Gasteiger charge is 2.27. The van der Waals surface area contributed by atoms with Crippen LogP contribution in [0.15, 0.2) is 47.4 Å². The van der Waals surface area contributed by atoms with E-state index in [1.165, 1.54) is 18.2 Å². The summed E-state index contributed by atoms with van der Waals surface area (Å²) in [4.78, 5) is 12.2. The van der Waals surface area contributed by atoms with Gasteiger partial charge in [0.1, 0.15) is 6.07 Å². The molecular weight excluding hydrogens is 397 g/mol. The summed E-state index contributed by atoms with van der Waals surface area (Å²) in [6.07, 6.45) is 0. The molecule has 0 bridgehead atoms. The molecule has 2 aromatic rings. The van der Waals surface area contributed by atoms with Crippen molar-refractivity contribution in [1.82, 2.24) is 4.31 Å². The summed E-state index contributed by atoms with van der Waals surface area (Å²) in [6.45, 7) is 1.20. The minimum absolute atomic E-state index is 0.0144. The van der Waals surface area contributed by atoms with Crippen LogP contribution >= 0.6 is 23.2 Å². The Hall–Kier alpha value is -2.11. The maximum Gasteiger partial charge on any atom is 0.244 e. The highest BCUT2D eigenvalue weighted by atomic mass is 35.5. The van der Waals surface area contributed by atoms with Gasteiger partial charge < -0.3 is 5.32 Å². The lowest BCUT2D eigenvalue weighted by molar-refractivity contribution is -0.116. The van der Waals surface area contributed by atoms with E-state index in [1.54, 1.807) is 31.2 Å². The number of nitrogens with zero attached hydrogens (tertiary/aromatic N) is 2. The van der Waals surface area contributed by atoms with E-state index < -0.39 is 22.5 Å². The van der Waals surface area contributed by atoms with Crippen molar-refractivity contribution in [2.24, 2.45) is 0 Å². The molecule has 136 valence electrons. The first kappa shape index (κ1) is 20.2. The zero-order valence-electron chi connectivity index (χ0n) is 13.7. The molecule has 2 aromatic carbocycles. The van der Waals surface area contributed by atoms with Gasteiger partial charge in [0.15, 0.2) is 0 Å². The van der Waals surface area contributed by atoms with Crippen molar-refractivity contribution in [3.05, 3.63) is 58.1 Å². The number of para-hydroxylation sites is 1. The molecule has 0 fully saturated rings. The van der Waals surface area contributed by atoms with Crippen LogP contribution in [-0.2, 0) is 14.8 Å². The average molecular weight is 412 g/mol. The van der Waals surface area contributed by atoms with E-state index in [9.17, 15) is 13.2 Å². The van der Waals surface area contributed by atoms with E-state index in [4.69, 9.17) is 28.5 Å². The van der Waals surface area contributed by atoms with E-state index in [1.807, 2.05) is 6.07 Å². The number of sulfonamides is 1. The molecule has 0 atom stereocenters. The van der Waals surface area contributed by atoms with Gasteiger partial charge in [-0.05, 0) is 24.3 Å². The van der Waals surface area contributed by atoms with E-state index in [0.717, 1.165) is 4.31 Å². The Morgan fingerprint density at radius 1 is 1.15 bits per heavy atom. The summed E-state index contributed by atoms with van der Waals surface area (Å²) in [6, 6.07) is 12.4. The number of nitriles is 1. The minimum atomic E-state index is -4.02. The van der Waals surface area contributed by atoms with Crippen molar-refractivity contribution in [3.8, 4) is 6.07 Å². The molecule has 0 aromatic heterocycles. The summed E-state index contributed by atoms with van der Waals surface area (Å²) in [5.74, 6) is -0.597. The van der Waals surface area contributed by atoms with Gasteiger partial charge in [0.25, 0.3) is 0 Å². The number of benzene rings is 2. The van der Waals surface area contributed by atoms with Crippen LogP contribution < -0.4 is 5.32 Å². The van der Waals surface area contributed by atoms with Crippen LogP contribution in [0.5, 0.6) is 0 Å². The Morgan fingerprint density at radius 3 is 2.35 bits per heavy atom. The standard InChI is InChI=1S/C17H15Cl2N3O3S/c1-2-22(26(24,25)15-9-4-3-6-12(15)10-20)11-16(23)21-17-13(18)7-5-8-14(17)19/h3-9H,2,11H2,1H3,(H,21,23). The molecule has 0 radical (unpaired) electrons. The summed E-state index contributed by atoms with van der Waals surface area (Å²) >= 11 is 12.0. The summed E-state index contributed by atoms with van der Waals surface area (Å²) in [7, 11) is -4.02. The van der Waals surface area contributed by atoms with Gasteiger partial charge >= 0.3 is 0 Å². The third-order valence-electron chi connectivity index (χ3n) is 3.53. The van der Waals surface area contributed by atoms with Crippen molar-refractivity contribution >= 4 is 44.8 Å². The van der Waals surface area contributed by atoms with Crippen molar-refractivity contribution in [1.29, 1.82) is 5.26 Å². The van der Waals surface area contributed by atoms with Crippen LogP contribution in [0.3, 0.4) is 0 Å². The van der Waals surface area contributed by atoms with Crippen LogP contribution in [0.2, 0.25) is 10.0 Å². The maximum absolute atomic E-state index is 12.8. The van der Waals surface area contributed by atoms with Gasteiger partial charge in [-0.1, -0.05) is 48.3 Å². The van der Waals surface area contributed by atoms with Crippen molar-refractivity contribution < 1.29 is 13.2 Å². The van der Waals surface area contributed by atoms with Crippen LogP contribution in [0, 0.1) is 11.3 Å². The molecule has 0 unspecified atom stereocenters. The number of halogens is 2. The van der Waals surface area contributed by atoms with Gasteiger partial charge in [-0.15, -0.1) is 0 Å². The van der Waals surface area contributed by atoms with E-state index >= 15 is 0 Å². The van der Waals surface area contributed by atoms with E-state index in [0.29, 0.717) is 0 Å². The molecule has 0 aliphatic rings. The predicted octanol–water partition coefficient (Wildman–Crippen LogP) is 3.51. The first-order valence-corrected chi connectivity index (χ1v) is 9.74. The molecule has 0 saturated heterocycles. The first-order chi connectivity index (χ1) is 12.3. The molecule has 1 amide bonds. The molecule has 0 saturated carbocycles. The lowest BCUT2D eigenvalue weighted by Gasteiger charge is -2.21. The molecular formula is C17H15Cl2N3O3S. The molecule has 6 nitrogen and oxygen atoms in total. The number of hydrogen-bond donors (Lipinski definition) is 1. The normalized spacial score (nSPS) is 11.2. The monoisotopic (exact) mass is 411 g/mol. The van der Waals surface area contributed by atoms with E-state index in [-0.39, 0.29) is 32.7 Å². The average Bonchev–Trinajstić information content (AvgIpc) is 2.62. The fourth-order valence-electron chi connectivity index (χ4n) is 2.25. The number of carbonyl (C=O) groups is 1. The molecule has 0 heterocycles. The number of nitrogens with one attached hydrogen (secondary N) is 1. The van der Waals surface area contributed by atoms with E-state index in [2.05, 4.69) is 5.32 Å². The molecule has 0 spiro atoms. The van der Waals surface area contributed by atoms with Gasteiger partial charge in [-0.2, -0.15) is 9.57 Å². The lowest BCUT2D eigenvalue weighted by Crippen LogP contribution is -2.38. The summed E-state index contributed by atoms with van der Waals surface area (Å²) in [5.41, 5.74) is 0.229. The van der Waals surface area contributed by atoms with Gasteiger partial charge in [0.2, 0.25) is 15.9 Å². The molecule has 2 rings (SSSR count). The number of anilines is 1. The smallest absolute Gasteiger partial charge is 0.244 e. The maximum atomic E-state index is 12.8. The van der Waals surface area contributed by atoms with Gasteiger partial charge in [-0.25, -0.2) is 8.42 Å². The second-order valence-corrected chi connectivity index (χ2v) is 7.90. The summed E-state index contributed by atoms with van der Waals surface area (Å²) in [5, 5.41) is 12.1. The Morgan fingerprint density at radius 2 is 1.77 bits per heavy atom. The molecule has 1 N–H and O–H groups in total. The molecule has 0 aliphatic heterocycles. The molecule has 0 aliphatic carbocycles. The number of rotatable bonds is 6. The highest BCUT2D eigenvalue weighted by molar-refractivity contribution is 7.89. The predicted molar refractivity (Wildman–Crippen MR) is 101 cm³/mol. The fourth-order valence-corrected chi connectivity index (χ4v) is 4.29. The third kappa shape index (κ3) is 4.34. The van der Waals surface area contributed by atoms with Crippen molar-refractivity contribution in [2.75, 3.05) is 18.4 Å². The number of amides is 1. The van der Waals surface area contributed by atoms with Gasteiger partial charge in [0, 0.05) is 6.54 Å². The Bertz CT molecular complexity index is 951. The quantitative estimate of drug-likeness (QED) is 0.786. The largest absolute Gasteiger partial charge is 0.322 e. The summed E-state index contributed by atoms with van der Waals surface area (Å²) < 4.78 is 26.6. The van der Waals surface area contributed by atoms with Gasteiger partial charge in [0.05, 0.1) is 32.7 Å². The van der Waals surface area contributed by atoms with Crippen LogP contribution in [0.1, 0.15) is 12.5 Å². The SMILES string of the molecule is CCN(CC(=O)Nc1c(Cl)cccc1Cl)S(=O)(=O)c1ccccc1C#N. The Balaban J connectivity index is 2.26. The third-order valence-corrected chi connectivity index (χ3v) is 6.13. The van der Waals surface area contributed by atoms with Crippen LogP contribution in [-0.4, -0.2) is 31.7 Å². The van der Waals surface area contributed by atoms with Gasteiger partial charge in [-0.3, -0.25) is 4.79 Å². The Labute approximate surface area is 162 Å². The minimum Gasteiger partial charge on any atom is -0.322 e. The molecule has 9 heteroatoms. The fraction of sp³-hybridized carbons (Fsp3) is 0.176. The number of hydrogen-bond acceptors (Lipinski definition) is 4. The van der Waals surface area contributed by atoms with Crippen molar-refractivity contribution in [3.63, 3.8) is 0 Å². The second-order valence-electron chi connectivity index (χ2n) is 5.18. The topological polar surface area (TPSA) is 90.3 Å². The van der Waals surface area contributed by atoms with Crippen LogP contribution in [0.4, 0.5) is 5.69 Å². The Kier molecular flexibility index (Phi) is 6.62. The first-order valence-electron chi connectivity index (χ1n) is 7.54. The second kappa shape index (κ2) is 8.52. The zero-order valence-corrected chi connectivity index (χ0v) is 16.1. The number of likely N-dealkylation sites (N-methyl/N-ethyl adjacent to an activating group) is 1. The van der Waals surface area contributed by atoms with Crippen molar-refractivity contribution in [2.45, 2.75) is 11.8 Å². The lowest BCUT2D eigenvalue weighted by atomic mass is 10.2. The highest BCUT2D eigenvalue weighted by Crippen LogP contribution is 2.29. The zero-order chi connectivity index (χ0) is 19.3. The van der Waals surface area contributed by atoms with Crippen LogP contribution in [0.25, 0.3) is 0 Å². The number of carbonyl (C=O) groups excluding carboxylic acids is 1.